The lowest BCUT2D eigenvalue weighted by Gasteiger charge is -2.22. The summed E-state index contributed by atoms with van der Waals surface area (Å²) in [5, 5.41) is 6.36. The van der Waals surface area contributed by atoms with Crippen LogP contribution in [0.25, 0.3) is 0 Å². The van der Waals surface area contributed by atoms with Gasteiger partial charge in [0.2, 0.25) is 0 Å². The summed E-state index contributed by atoms with van der Waals surface area (Å²) in [6.07, 6.45) is 1.57. The fourth-order valence-corrected chi connectivity index (χ4v) is 2.26. The number of ether oxygens (including phenoxy) is 1. The highest BCUT2D eigenvalue weighted by molar-refractivity contribution is 5.67. The highest BCUT2D eigenvalue weighted by Crippen LogP contribution is 2.14. The molecule has 1 aromatic carbocycles. The first-order chi connectivity index (χ1) is 10.7. The summed E-state index contributed by atoms with van der Waals surface area (Å²) >= 11 is 0. The van der Waals surface area contributed by atoms with E-state index < -0.39 is 5.60 Å². The Bertz CT molecular complexity index is 477. The molecule has 0 fully saturated rings. The zero-order chi connectivity index (χ0) is 17.5. The van der Waals surface area contributed by atoms with Crippen LogP contribution in [0.15, 0.2) is 24.3 Å². The van der Waals surface area contributed by atoms with Gasteiger partial charge in [0.05, 0.1) is 0 Å². The number of benzene rings is 1. The van der Waals surface area contributed by atoms with Gasteiger partial charge in [0.25, 0.3) is 0 Å². The Morgan fingerprint density at radius 1 is 1.17 bits per heavy atom. The fraction of sp³-hybridized carbons (Fsp3) is 0.632. The van der Waals surface area contributed by atoms with Gasteiger partial charge in [-0.25, -0.2) is 4.79 Å². The fourth-order valence-electron chi connectivity index (χ4n) is 2.26. The van der Waals surface area contributed by atoms with Crippen molar-refractivity contribution in [2.45, 2.75) is 72.1 Å². The minimum atomic E-state index is -0.457. The number of hydrogen-bond acceptors (Lipinski definition) is 3. The van der Waals surface area contributed by atoms with Crippen LogP contribution in [0.3, 0.4) is 0 Å². The van der Waals surface area contributed by atoms with E-state index in [1.807, 2.05) is 27.7 Å². The van der Waals surface area contributed by atoms with Crippen LogP contribution in [-0.2, 0) is 11.2 Å². The molecule has 0 bridgehead atoms. The van der Waals surface area contributed by atoms with Crippen LogP contribution in [-0.4, -0.2) is 24.3 Å². The second-order valence-electron chi connectivity index (χ2n) is 7.11. The van der Waals surface area contributed by atoms with Crippen molar-refractivity contribution in [1.82, 2.24) is 10.6 Å². The van der Waals surface area contributed by atoms with Crippen molar-refractivity contribution in [3.05, 3.63) is 35.4 Å². The van der Waals surface area contributed by atoms with E-state index in [9.17, 15) is 4.79 Å². The maximum atomic E-state index is 11.7. The Balaban J connectivity index is 2.30. The lowest BCUT2D eigenvalue weighted by Crippen LogP contribution is -2.39. The third-order valence-corrected chi connectivity index (χ3v) is 3.68. The molecule has 0 saturated heterocycles. The Labute approximate surface area is 141 Å². The molecular formula is C19H32N2O2. The average molecular weight is 320 g/mol. The van der Waals surface area contributed by atoms with E-state index in [0.29, 0.717) is 6.04 Å². The summed E-state index contributed by atoms with van der Waals surface area (Å²) in [7, 11) is 0. The lowest BCUT2D eigenvalue weighted by atomic mass is 10.0. The molecule has 0 radical (unpaired) electrons. The molecule has 23 heavy (non-hydrogen) atoms. The van der Waals surface area contributed by atoms with E-state index >= 15 is 0 Å². The molecule has 0 spiro atoms. The lowest BCUT2D eigenvalue weighted by molar-refractivity contribution is 0.0506. The maximum Gasteiger partial charge on any atom is 0.407 e. The van der Waals surface area contributed by atoms with Gasteiger partial charge in [-0.15, -0.1) is 0 Å². The third-order valence-electron chi connectivity index (χ3n) is 3.68. The van der Waals surface area contributed by atoms with Gasteiger partial charge in [-0.2, -0.15) is 0 Å². The molecule has 4 heteroatoms. The molecule has 0 aliphatic rings. The van der Waals surface area contributed by atoms with Gasteiger partial charge < -0.3 is 15.4 Å². The molecule has 0 aromatic heterocycles. The molecule has 2 N–H and O–H groups in total. The molecule has 130 valence electrons. The van der Waals surface area contributed by atoms with Gasteiger partial charge >= 0.3 is 6.09 Å². The van der Waals surface area contributed by atoms with Crippen LogP contribution in [0.4, 0.5) is 4.79 Å². The van der Waals surface area contributed by atoms with Gasteiger partial charge in [-0.05, 0) is 65.1 Å². The Morgan fingerprint density at radius 2 is 1.78 bits per heavy atom. The van der Waals surface area contributed by atoms with Crippen molar-refractivity contribution in [2.24, 2.45) is 0 Å². The number of amides is 1. The number of carbonyl (C=O) groups is 1. The monoisotopic (exact) mass is 320 g/mol. The molecule has 0 heterocycles. The molecule has 2 unspecified atom stereocenters. The Hall–Kier alpha value is -1.55. The van der Waals surface area contributed by atoms with E-state index in [0.717, 1.165) is 19.4 Å². The Morgan fingerprint density at radius 3 is 2.30 bits per heavy atom. The predicted molar refractivity (Wildman–Crippen MR) is 95.7 cm³/mol. The normalized spacial score (nSPS) is 14.2. The van der Waals surface area contributed by atoms with Gasteiger partial charge in [0.1, 0.15) is 5.60 Å². The van der Waals surface area contributed by atoms with Crippen LogP contribution in [0.1, 0.15) is 65.1 Å². The van der Waals surface area contributed by atoms with Crippen LogP contribution in [0, 0.1) is 0 Å². The van der Waals surface area contributed by atoms with Crippen molar-refractivity contribution in [3.63, 3.8) is 0 Å². The van der Waals surface area contributed by atoms with Crippen molar-refractivity contribution in [3.8, 4) is 0 Å². The van der Waals surface area contributed by atoms with Crippen molar-refractivity contribution >= 4 is 6.09 Å². The summed E-state index contributed by atoms with van der Waals surface area (Å²) in [4.78, 5) is 11.7. The molecule has 1 amide bonds. The second kappa shape index (κ2) is 8.92. The van der Waals surface area contributed by atoms with Crippen molar-refractivity contribution < 1.29 is 9.53 Å². The van der Waals surface area contributed by atoms with E-state index in [2.05, 4.69) is 48.7 Å². The second-order valence-corrected chi connectivity index (χ2v) is 7.11. The highest BCUT2D eigenvalue weighted by Gasteiger charge is 2.17. The Kier molecular flexibility index (Phi) is 7.56. The van der Waals surface area contributed by atoms with E-state index in [1.54, 1.807) is 0 Å². The third kappa shape index (κ3) is 8.03. The standard InChI is InChI=1S/C19H32N2O2/c1-7-16-8-10-17(11-9-16)15(3)20-13-12-14(2)21-18(22)23-19(4,5)6/h8-11,14-15,20H,7,12-13H2,1-6H3,(H,21,22). The molecule has 4 nitrogen and oxygen atoms in total. The molecular weight excluding hydrogens is 288 g/mol. The SMILES string of the molecule is CCc1ccc(C(C)NCCC(C)NC(=O)OC(C)(C)C)cc1. The summed E-state index contributed by atoms with van der Waals surface area (Å²) in [5.74, 6) is 0. The average Bonchev–Trinajstić information content (AvgIpc) is 2.45. The number of aryl methyl sites for hydroxylation is 1. The minimum absolute atomic E-state index is 0.0759. The quantitative estimate of drug-likeness (QED) is 0.791. The molecule has 0 aliphatic heterocycles. The van der Waals surface area contributed by atoms with Gasteiger partial charge in [0.15, 0.2) is 0 Å². The number of hydrogen-bond donors (Lipinski definition) is 2. The topological polar surface area (TPSA) is 50.4 Å². The summed E-state index contributed by atoms with van der Waals surface area (Å²) in [5.41, 5.74) is 2.19. The van der Waals surface area contributed by atoms with Crippen LogP contribution in [0.2, 0.25) is 0 Å². The molecule has 0 saturated carbocycles. The number of nitrogens with one attached hydrogen (secondary N) is 2. The first-order valence-corrected chi connectivity index (χ1v) is 8.53. The molecule has 1 aromatic rings. The zero-order valence-electron chi connectivity index (χ0n) is 15.4. The predicted octanol–water partition coefficient (Wildman–Crippen LogP) is 4.20. The minimum Gasteiger partial charge on any atom is -0.444 e. The highest BCUT2D eigenvalue weighted by atomic mass is 16.6. The molecule has 2 atom stereocenters. The van der Waals surface area contributed by atoms with Crippen LogP contribution >= 0.6 is 0 Å². The molecule has 0 aliphatic carbocycles. The number of carbonyl (C=O) groups excluding carboxylic acids is 1. The van der Waals surface area contributed by atoms with Gasteiger partial charge in [-0.1, -0.05) is 31.2 Å². The molecule has 1 rings (SSSR count). The zero-order valence-corrected chi connectivity index (χ0v) is 15.4. The van der Waals surface area contributed by atoms with Crippen LogP contribution < -0.4 is 10.6 Å². The van der Waals surface area contributed by atoms with Crippen LogP contribution in [0.5, 0.6) is 0 Å². The summed E-state index contributed by atoms with van der Waals surface area (Å²) in [6.45, 7) is 12.8. The van der Waals surface area contributed by atoms with Crippen molar-refractivity contribution in [2.75, 3.05) is 6.54 Å². The largest absolute Gasteiger partial charge is 0.444 e. The van der Waals surface area contributed by atoms with E-state index in [-0.39, 0.29) is 12.1 Å². The van der Waals surface area contributed by atoms with Gasteiger partial charge in [-0.3, -0.25) is 0 Å². The maximum absolute atomic E-state index is 11.7. The van der Waals surface area contributed by atoms with Gasteiger partial charge in [0, 0.05) is 12.1 Å². The first kappa shape index (κ1) is 19.5. The first-order valence-electron chi connectivity index (χ1n) is 8.53. The van der Waals surface area contributed by atoms with E-state index in [4.69, 9.17) is 4.74 Å². The van der Waals surface area contributed by atoms with Crippen molar-refractivity contribution in [1.29, 1.82) is 0 Å². The summed E-state index contributed by atoms with van der Waals surface area (Å²) < 4.78 is 5.26. The number of rotatable bonds is 7. The van der Waals surface area contributed by atoms with E-state index in [1.165, 1.54) is 11.1 Å². The summed E-state index contributed by atoms with van der Waals surface area (Å²) in [6, 6.07) is 9.10. The smallest absolute Gasteiger partial charge is 0.407 e. The number of alkyl carbamates (subject to hydrolysis) is 1.